The second kappa shape index (κ2) is 6.82. The van der Waals surface area contributed by atoms with Crippen LogP contribution in [0.2, 0.25) is 0 Å². The van der Waals surface area contributed by atoms with Gasteiger partial charge in [-0.2, -0.15) is 0 Å². The molecule has 0 aromatic rings. The predicted molar refractivity (Wildman–Crippen MR) is 106 cm³/mol. The van der Waals surface area contributed by atoms with Gasteiger partial charge in [0.2, 0.25) is 10.0 Å². The Kier molecular flexibility index (Phi) is 5.02. The van der Waals surface area contributed by atoms with E-state index in [0.717, 1.165) is 38.5 Å². The molecule has 0 radical (unpaired) electrons. The summed E-state index contributed by atoms with van der Waals surface area (Å²) in [6.45, 7) is 2.22. The first kappa shape index (κ1) is 19.9. The van der Waals surface area contributed by atoms with E-state index in [2.05, 4.69) is 13.0 Å². The molecule has 1 aliphatic heterocycles. The average molecular weight is 398 g/mol. The number of aliphatic hydroxyl groups is 1. The van der Waals surface area contributed by atoms with Crippen molar-refractivity contribution in [3.8, 4) is 0 Å². The summed E-state index contributed by atoms with van der Waals surface area (Å²) in [5, 5.41) is 10.6. The molecule has 0 amide bonds. The standard InChI is InChI=1S/C21H35NO4S/c1-20(9-4-5-11-27(24,25)22(2)3)10-8-16-13-19(23)17-12-15-6-7-18(17)21(16,14-15)26-20/h13,15,17-19,23H,4-12,14H2,1-3H3. The number of sulfonamides is 1. The normalized spacial score (nSPS) is 43.5. The van der Waals surface area contributed by atoms with E-state index in [4.69, 9.17) is 4.74 Å². The Morgan fingerprint density at radius 2 is 2.07 bits per heavy atom. The quantitative estimate of drug-likeness (QED) is 0.552. The van der Waals surface area contributed by atoms with E-state index in [1.54, 1.807) is 14.1 Å². The van der Waals surface area contributed by atoms with Gasteiger partial charge in [-0.3, -0.25) is 0 Å². The molecule has 4 bridgehead atoms. The molecular weight excluding hydrogens is 362 g/mol. The molecule has 1 heterocycles. The van der Waals surface area contributed by atoms with E-state index < -0.39 is 10.0 Å². The van der Waals surface area contributed by atoms with Gasteiger partial charge in [-0.1, -0.05) is 6.08 Å². The van der Waals surface area contributed by atoms with Crippen molar-refractivity contribution in [1.29, 1.82) is 0 Å². The van der Waals surface area contributed by atoms with E-state index in [9.17, 15) is 13.5 Å². The van der Waals surface area contributed by atoms with Crippen LogP contribution < -0.4 is 0 Å². The smallest absolute Gasteiger partial charge is 0.213 e. The molecule has 1 N–H and O–H groups in total. The van der Waals surface area contributed by atoms with Gasteiger partial charge in [-0.15, -0.1) is 0 Å². The Morgan fingerprint density at radius 3 is 2.78 bits per heavy atom. The number of hydrogen-bond acceptors (Lipinski definition) is 4. The molecule has 1 spiro atoms. The average Bonchev–Trinajstić information content (AvgIpc) is 2.61. The number of nitrogens with zero attached hydrogens (tertiary/aromatic N) is 1. The van der Waals surface area contributed by atoms with Crippen LogP contribution in [0.5, 0.6) is 0 Å². The molecule has 3 saturated carbocycles. The number of hydrogen-bond donors (Lipinski definition) is 1. The van der Waals surface area contributed by atoms with Crippen LogP contribution in [0.3, 0.4) is 0 Å². The van der Waals surface area contributed by atoms with Crippen LogP contribution in [-0.2, 0) is 14.8 Å². The van der Waals surface area contributed by atoms with Gasteiger partial charge in [0.15, 0.2) is 0 Å². The van der Waals surface area contributed by atoms with Gasteiger partial charge in [0.1, 0.15) is 0 Å². The van der Waals surface area contributed by atoms with Gasteiger partial charge < -0.3 is 9.84 Å². The molecule has 6 unspecified atom stereocenters. The van der Waals surface area contributed by atoms with Gasteiger partial charge >= 0.3 is 0 Å². The fraction of sp³-hybridized carbons (Fsp3) is 0.905. The zero-order valence-electron chi connectivity index (χ0n) is 17.0. The Balaban J connectivity index is 1.44. The monoisotopic (exact) mass is 397 g/mol. The van der Waals surface area contributed by atoms with Gasteiger partial charge in [-0.05, 0) is 88.0 Å². The van der Waals surface area contributed by atoms with Crippen LogP contribution >= 0.6 is 0 Å². The molecule has 1 saturated heterocycles. The first-order valence-corrected chi connectivity index (χ1v) is 12.3. The highest BCUT2D eigenvalue weighted by atomic mass is 32.2. The largest absolute Gasteiger partial charge is 0.389 e. The lowest BCUT2D eigenvalue weighted by atomic mass is 9.50. The number of rotatable bonds is 6. The maximum atomic E-state index is 12.0. The molecule has 6 atom stereocenters. The SMILES string of the molecule is CN(C)S(=O)(=O)CCCCC1(C)CCC2=CC(O)C3CC4CCC3C2(C4)O1. The lowest BCUT2D eigenvalue weighted by Crippen LogP contribution is -2.63. The summed E-state index contributed by atoms with van der Waals surface area (Å²) in [5.41, 5.74) is 1.03. The molecule has 5 rings (SSSR count). The van der Waals surface area contributed by atoms with Crippen LogP contribution in [0.25, 0.3) is 0 Å². The summed E-state index contributed by atoms with van der Waals surface area (Å²) in [6.07, 6.45) is 11.0. The van der Waals surface area contributed by atoms with Crippen molar-refractivity contribution < 1.29 is 18.3 Å². The molecule has 6 heteroatoms. The van der Waals surface area contributed by atoms with Crippen molar-refractivity contribution in [2.75, 3.05) is 19.8 Å². The highest BCUT2D eigenvalue weighted by molar-refractivity contribution is 7.89. The van der Waals surface area contributed by atoms with Gasteiger partial charge in [-0.25, -0.2) is 12.7 Å². The summed E-state index contributed by atoms with van der Waals surface area (Å²) in [4.78, 5) is 0. The Morgan fingerprint density at radius 1 is 1.30 bits per heavy atom. The van der Waals surface area contributed by atoms with Crippen molar-refractivity contribution in [3.63, 3.8) is 0 Å². The lowest BCUT2D eigenvalue weighted by Gasteiger charge is -2.63. The van der Waals surface area contributed by atoms with E-state index >= 15 is 0 Å². The van der Waals surface area contributed by atoms with Crippen molar-refractivity contribution >= 4 is 10.0 Å². The molecule has 4 fully saturated rings. The highest BCUT2D eigenvalue weighted by Gasteiger charge is 2.61. The zero-order valence-corrected chi connectivity index (χ0v) is 17.8. The van der Waals surface area contributed by atoms with Gasteiger partial charge in [0, 0.05) is 14.1 Å². The summed E-state index contributed by atoms with van der Waals surface area (Å²) in [7, 11) is 0.0820. The maximum Gasteiger partial charge on any atom is 0.213 e. The van der Waals surface area contributed by atoms with Crippen molar-refractivity contribution in [3.05, 3.63) is 11.6 Å². The minimum absolute atomic E-state index is 0.145. The molecule has 0 aromatic carbocycles. The van der Waals surface area contributed by atoms with E-state index in [1.165, 1.54) is 22.7 Å². The molecule has 0 aromatic heterocycles. The Bertz CT molecular complexity index is 718. The molecular formula is C21H35NO4S. The first-order valence-electron chi connectivity index (χ1n) is 10.6. The molecule has 5 nitrogen and oxygen atoms in total. The minimum Gasteiger partial charge on any atom is -0.389 e. The van der Waals surface area contributed by atoms with E-state index in [1.807, 2.05) is 0 Å². The van der Waals surface area contributed by atoms with Crippen LogP contribution in [0, 0.1) is 17.8 Å². The summed E-state index contributed by atoms with van der Waals surface area (Å²) < 4.78 is 32.2. The van der Waals surface area contributed by atoms with Gasteiger partial charge in [0.05, 0.1) is 23.1 Å². The molecule has 4 aliphatic carbocycles. The Hall–Kier alpha value is -0.430. The van der Waals surface area contributed by atoms with Crippen LogP contribution in [0.1, 0.15) is 64.7 Å². The van der Waals surface area contributed by atoms with Crippen molar-refractivity contribution in [2.24, 2.45) is 17.8 Å². The maximum absolute atomic E-state index is 12.0. The van der Waals surface area contributed by atoms with E-state index in [0.29, 0.717) is 24.2 Å². The predicted octanol–water partition coefficient (Wildman–Crippen LogP) is 3.09. The second-order valence-electron chi connectivity index (χ2n) is 9.83. The van der Waals surface area contributed by atoms with E-state index in [-0.39, 0.29) is 23.1 Å². The third-order valence-electron chi connectivity index (χ3n) is 7.82. The van der Waals surface area contributed by atoms with Crippen molar-refractivity contribution in [1.82, 2.24) is 4.31 Å². The number of aliphatic hydroxyl groups excluding tert-OH is 1. The number of ether oxygens (including phenoxy) is 1. The topological polar surface area (TPSA) is 66.8 Å². The van der Waals surface area contributed by atoms with Crippen LogP contribution in [0.15, 0.2) is 11.6 Å². The first-order chi connectivity index (χ1) is 12.7. The number of unbranched alkanes of at least 4 members (excludes halogenated alkanes) is 1. The fourth-order valence-corrected chi connectivity index (χ4v) is 7.30. The molecule has 5 aliphatic rings. The second-order valence-corrected chi connectivity index (χ2v) is 12.1. The molecule has 27 heavy (non-hydrogen) atoms. The third kappa shape index (κ3) is 3.41. The summed E-state index contributed by atoms with van der Waals surface area (Å²) in [6, 6.07) is 0. The van der Waals surface area contributed by atoms with Crippen LogP contribution in [-0.4, -0.2) is 55.0 Å². The highest BCUT2D eigenvalue weighted by Crippen LogP contribution is 2.62. The van der Waals surface area contributed by atoms with Crippen molar-refractivity contribution in [2.45, 2.75) is 82.0 Å². The summed E-state index contributed by atoms with van der Waals surface area (Å²) in [5.74, 6) is 1.73. The zero-order chi connectivity index (χ0) is 19.4. The summed E-state index contributed by atoms with van der Waals surface area (Å²) >= 11 is 0. The lowest BCUT2D eigenvalue weighted by molar-refractivity contribution is -0.237. The van der Waals surface area contributed by atoms with Crippen LogP contribution in [0.4, 0.5) is 0 Å². The Labute approximate surface area is 164 Å². The molecule has 154 valence electrons. The fourth-order valence-electron chi connectivity index (χ4n) is 6.37. The third-order valence-corrected chi connectivity index (χ3v) is 9.74. The van der Waals surface area contributed by atoms with Gasteiger partial charge in [0.25, 0.3) is 0 Å². The minimum atomic E-state index is -3.11. The number of fused-ring (bicyclic) bond motifs is 1.